The monoisotopic (exact) mass is 467 g/mol. The number of benzene rings is 2. The maximum atomic E-state index is 13.6. The van der Waals surface area contributed by atoms with Crippen molar-refractivity contribution in [2.45, 2.75) is 71.2 Å². The van der Waals surface area contributed by atoms with Crippen LogP contribution in [0.1, 0.15) is 57.7 Å². The smallest absolute Gasteiger partial charge is 0.408 e. The highest BCUT2D eigenvalue weighted by Gasteiger charge is 2.43. The Bertz CT molecular complexity index is 1040. The number of nitrogens with one attached hydrogen (secondary N) is 2. The number of phenols is 1. The molecule has 1 aliphatic rings. The van der Waals surface area contributed by atoms with Gasteiger partial charge in [0.05, 0.1) is 0 Å². The lowest BCUT2D eigenvalue weighted by Gasteiger charge is -2.34. The van der Waals surface area contributed by atoms with E-state index in [4.69, 9.17) is 4.74 Å². The second kappa shape index (κ2) is 10.2. The first-order valence-electron chi connectivity index (χ1n) is 11.4. The Hall–Kier alpha value is -3.55. The van der Waals surface area contributed by atoms with E-state index in [0.717, 1.165) is 18.4 Å². The van der Waals surface area contributed by atoms with Crippen molar-refractivity contribution in [3.05, 3.63) is 59.7 Å². The summed E-state index contributed by atoms with van der Waals surface area (Å²) >= 11 is 0. The molecule has 0 radical (unpaired) electrons. The zero-order chi connectivity index (χ0) is 25.0. The van der Waals surface area contributed by atoms with Crippen molar-refractivity contribution in [3.8, 4) is 5.75 Å². The molecule has 1 aliphatic carbocycles. The van der Waals surface area contributed by atoms with E-state index >= 15 is 0 Å². The predicted octanol–water partition coefficient (Wildman–Crippen LogP) is 4.28. The van der Waals surface area contributed by atoms with Gasteiger partial charge in [0.2, 0.25) is 5.91 Å². The number of anilines is 1. The summed E-state index contributed by atoms with van der Waals surface area (Å²) < 4.78 is 5.28. The molecule has 2 atom stereocenters. The van der Waals surface area contributed by atoms with Gasteiger partial charge in [0.15, 0.2) is 0 Å². The number of rotatable bonds is 7. The quantitative estimate of drug-likeness (QED) is 0.563. The molecule has 1 saturated carbocycles. The number of nitrogens with zero attached hydrogens (tertiary/aromatic N) is 1. The molecule has 2 aromatic rings. The Morgan fingerprint density at radius 1 is 1.06 bits per heavy atom. The average Bonchev–Trinajstić information content (AvgIpc) is 3.57. The molecule has 2 aromatic carbocycles. The molecule has 0 bridgehead atoms. The van der Waals surface area contributed by atoms with Crippen LogP contribution in [0.4, 0.5) is 10.5 Å². The van der Waals surface area contributed by atoms with Gasteiger partial charge in [-0.25, -0.2) is 4.79 Å². The van der Waals surface area contributed by atoms with Crippen molar-refractivity contribution in [1.82, 2.24) is 10.2 Å². The third kappa shape index (κ3) is 6.50. The van der Waals surface area contributed by atoms with Crippen LogP contribution in [0.5, 0.6) is 5.75 Å². The van der Waals surface area contributed by atoms with Crippen LogP contribution in [0, 0.1) is 6.92 Å². The molecule has 3 rings (SSSR count). The summed E-state index contributed by atoms with van der Waals surface area (Å²) in [5.41, 5.74) is 1.41. The van der Waals surface area contributed by atoms with Gasteiger partial charge < -0.3 is 25.4 Å². The molecular weight excluding hydrogens is 434 g/mol. The van der Waals surface area contributed by atoms with Crippen LogP contribution in [0.2, 0.25) is 0 Å². The average molecular weight is 468 g/mol. The first-order valence-corrected chi connectivity index (χ1v) is 11.4. The fourth-order valence-electron chi connectivity index (χ4n) is 3.65. The minimum Gasteiger partial charge on any atom is -0.508 e. The lowest BCUT2D eigenvalue weighted by molar-refractivity contribution is -0.141. The van der Waals surface area contributed by atoms with E-state index in [1.165, 1.54) is 12.1 Å². The normalized spacial score (nSPS) is 15.1. The van der Waals surface area contributed by atoms with Gasteiger partial charge in [0.25, 0.3) is 5.91 Å². The molecule has 34 heavy (non-hydrogen) atoms. The lowest BCUT2D eigenvalue weighted by atomic mass is 10.0. The van der Waals surface area contributed by atoms with E-state index in [1.807, 2.05) is 25.1 Å². The molecule has 3 N–H and O–H groups in total. The summed E-state index contributed by atoms with van der Waals surface area (Å²) in [6.07, 6.45) is 0.823. The number of phenolic OH excluding ortho intramolecular Hbond substituents is 1. The summed E-state index contributed by atoms with van der Waals surface area (Å²) in [5.74, 6) is -0.692. The topological polar surface area (TPSA) is 108 Å². The SMILES string of the molecule is Cc1ccccc1NC(=O)C(c1ccc(O)cc1)N(C(=O)C(C)NC(=O)OC(C)(C)C)C1CC1. The number of hydrogen-bond acceptors (Lipinski definition) is 5. The van der Waals surface area contributed by atoms with Crippen LogP contribution in [0.15, 0.2) is 48.5 Å². The molecule has 0 spiro atoms. The van der Waals surface area contributed by atoms with E-state index in [-0.39, 0.29) is 23.6 Å². The number of para-hydroxylation sites is 1. The standard InChI is InChI=1S/C26H33N3O5/c1-16-8-6-7-9-21(16)28-23(31)22(18-10-14-20(30)15-11-18)29(19-12-13-19)24(32)17(2)27-25(33)34-26(3,4)5/h6-11,14-15,17,19,22,30H,12-13H2,1-5H3,(H,27,33)(H,28,31). The van der Waals surface area contributed by atoms with Crippen molar-refractivity contribution < 1.29 is 24.2 Å². The number of carbonyl (C=O) groups excluding carboxylic acids is 3. The third-order valence-corrected chi connectivity index (χ3v) is 5.44. The highest BCUT2D eigenvalue weighted by Crippen LogP contribution is 2.36. The minimum absolute atomic E-state index is 0.0612. The van der Waals surface area contributed by atoms with E-state index in [1.54, 1.807) is 50.8 Å². The van der Waals surface area contributed by atoms with Gasteiger partial charge in [-0.2, -0.15) is 0 Å². The molecule has 8 nitrogen and oxygen atoms in total. The maximum Gasteiger partial charge on any atom is 0.408 e. The van der Waals surface area contributed by atoms with Crippen LogP contribution in [0.3, 0.4) is 0 Å². The van der Waals surface area contributed by atoms with E-state index in [9.17, 15) is 19.5 Å². The van der Waals surface area contributed by atoms with Crippen LogP contribution in [-0.4, -0.2) is 45.6 Å². The van der Waals surface area contributed by atoms with E-state index in [2.05, 4.69) is 10.6 Å². The second-order valence-electron chi connectivity index (χ2n) is 9.64. The molecule has 2 unspecified atom stereocenters. The number of aromatic hydroxyl groups is 1. The first-order chi connectivity index (χ1) is 16.0. The minimum atomic E-state index is -0.942. The molecule has 8 heteroatoms. The van der Waals surface area contributed by atoms with Gasteiger partial charge in [-0.05, 0) is 76.8 Å². The number of alkyl carbamates (subject to hydrolysis) is 1. The van der Waals surface area contributed by atoms with E-state index < -0.39 is 23.8 Å². The van der Waals surface area contributed by atoms with Gasteiger partial charge in [0.1, 0.15) is 23.4 Å². The number of carbonyl (C=O) groups is 3. The van der Waals surface area contributed by atoms with Gasteiger partial charge in [-0.15, -0.1) is 0 Å². The maximum absolute atomic E-state index is 13.6. The molecule has 0 aliphatic heterocycles. The molecule has 0 saturated heterocycles. The van der Waals surface area contributed by atoms with Crippen LogP contribution in [0.25, 0.3) is 0 Å². The van der Waals surface area contributed by atoms with Gasteiger partial charge in [0, 0.05) is 11.7 Å². The zero-order valence-corrected chi connectivity index (χ0v) is 20.3. The van der Waals surface area contributed by atoms with Gasteiger partial charge in [-0.1, -0.05) is 30.3 Å². The first kappa shape index (κ1) is 25.1. The second-order valence-corrected chi connectivity index (χ2v) is 9.64. The van der Waals surface area contributed by atoms with Crippen molar-refractivity contribution in [3.63, 3.8) is 0 Å². The Labute approximate surface area is 200 Å². The van der Waals surface area contributed by atoms with Crippen molar-refractivity contribution in [1.29, 1.82) is 0 Å². The molecule has 3 amide bonds. The Morgan fingerprint density at radius 3 is 2.24 bits per heavy atom. The molecule has 182 valence electrons. The van der Waals surface area contributed by atoms with E-state index in [0.29, 0.717) is 11.3 Å². The van der Waals surface area contributed by atoms with Crippen LogP contribution in [-0.2, 0) is 14.3 Å². The largest absolute Gasteiger partial charge is 0.508 e. The third-order valence-electron chi connectivity index (χ3n) is 5.44. The Kier molecular flexibility index (Phi) is 7.49. The van der Waals surface area contributed by atoms with Gasteiger partial charge >= 0.3 is 6.09 Å². The summed E-state index contributed by atoms with van der Waals surface area (Å²) in [5, 5.41) is 15.3. The number of ether oxygens (including phenoxy) is 1. The summed E-state index contributed by atoms with van der Waals surface area (Å²) in [4.78, 5) is 40.9. The number of aryl methyl sites for hydroxylation is 1. The van der Waals surface area contributed by atoms with Crippen molar-refractivity contribution >= 4 is 23.6 Å². The summed E-state index contributed by atoms with van der Waals surface area (Å²) in [7, 11) is 0. The fraction of sp³-hybridized carbons (Fsp3) is 0.423. The zero-order valence-electron chi connectivity index (χ0n) is 20.3. The van der Waals surface area contributed by atoms with Crippen molar-refractivity contribution in [2.75, 3.05) is 5.32 Å². The lowest BCUT2D eigenvalue weighted by Crippen LogP contribution is -2.52. The highest BCUT2D eigenvalue weighted by molar-refractivity contribution is 5.99. The van der Waals surface area contributed by atoms with Crippen molar-refractivity contribution in [2.24, 2.45) is 0 Å². The molecule has 0 heterocycles. The van der Waals surface area contributed by atoms with Crippen LogP contribution >= 0.6 is 0 Å². The predicted molar refractivity (Wildman–Crippen MR) is 129 cm³/mol. The summed E-state index contributed by atoms with van der Waals surface area (Å²) in [6, 6.07) is 11.7. The molecular formula is C26H33N3O5. The number of amides is 3. The number of hydrogen-bond donors (Lipinski definition) is 3. The molecule has 0 aromatic heterocycles. The Balaban J connectivity index is 1.90. The Morgan fingerprint density at radius 2 is 1.68 bits per heavy atom. The fourth-order valence-corrected chi connectivity index (χ4v) is 3.65. The molecule has 1 fully saturated rings. The van der Waals surface area contributed by atoms with Gasteiger partial charge in [-0.3, -0.25) is 9.59 Å². The van der Waals surface area contributed by atoms with Crippen LogP contribution < -0.4 is 10.6 Å². The summed E-state index contributed by atoms with van der Waals surface area (Å²) in [6.45, 7) is 8.70. The highest BCUT2D eigenvalue weighted by atomic mass is 16.6.